The molecule has 1 fully saturated rings. The molecule has 2 aromatic rings. The molecule has 1 aromatic carbocycles. The Hall–Kier alpha value is -1.83. The van der Waals surface area contributed by atoms with Crippen molar-refractivity contribution in [2.75, 3.05) is 36.0 Å². The van der Waals surface area contributed by atoms with Crippen LogP contribution in [0.25, 0.3) is 0 Å². The molecule has 128 valence electrons. The number of nitrogen functional groups attached to an aromatic ring is 2. The Balaban J connectivity index is 1.70. The van der Waals surface area contributed by atoms with Crippen LogP contribution in [-0.2, 0) is 6.54 Å². The fourth-order valence-electron chi connectivity index (χ4n) is 2.89. The smallest absolute Gasteiger partial charge is 0.225 e. The summed E-state index contributed by atoms with van der Waals surface area (Å²) in [6, 6.07) is 5.81. The second kappa shape index (κ2) is 6.96. The third-order valence-electron chi connectivity index (χ3n) is 4.07. The van der Waals surface area contributed by atoms with Crippen molar-refractivity contribution >= 4 is 40.8 Å². The number of benzene rings is 1. The molecule has 1 aliphatic heterocycles. The van der Waals surface area contributed by atoms with E-state index in [1.807, 2.05) is 12.1 Å². The van der Waals surface area contributed by atoms with Crippen molar-refractivity contribution in [1.82, 2.24) is 19.9 Å². The topological polar surface area (TPSA) is 97.2 Å². The largest absolute Gasteiger partial charge is 0.368 e. The first kappa shape index (κ1) is 17.0. The second-order valence-corrected chi connectivity index (χ2v) is 6.67. The van der Waals surface area contributed by atoms with Crippen molar-refractivity contribution in [3.63, 3.8) is 0 Å². The molecule has 3 rings (SSSR count). The van der Waals surface area contributed by atoms with Crippen LogP contribution in [-0.4, -0.2) is 45.5 Å². The molecule has 1 aromatic heterocycles. The maximum absolute atomic E-state index is 6.31. The van der Waals surface area contributed by atoms with Gasteiger partial charge in [-0.1, -0.05) is 23.2 Å². The summed E-state index contributed by atoms with van der Waals surface area (Å²) in [5.41, 5.74) is 12.2. The maximum Gasteiger partial charge on any atom is 0.225 e. The Morgan fingerprint density at radius 1 is 1.12 bits per heavy atom. The predicted octanol–water partition coefficient (Wildman–Crippen LogP) is 2.05. The van der Waals surface area contributed by atoms with E-state index in [0.717, 1.165) is 25.3 Å². The summed E-state index contributed by atoms with van der Waals surface area (Å²) in [7, 11) is 0. The zero-order valence-electron chi connectivity index (χ0n) is 13.3. The first-order chi connectivity index (χ1) is 11.4. The van der Waals surface area contributed by atoms with Gasteiger partial charge in [0.15, 0.2) is 0 Å². The van der Waals surface area contributed by atoms with Crippen molar-refractivity contribution in [1.29, 1.82) is 0 Å². The number of nitrogens with two attached hydrogens (primary N) is 2. The van der Waals surface area contributed by atoms with E-state index in [0.29, 0.717) is 22.4 Å². The molecule has 0 bridgehead atoms. The second-order valence-electron chi connectivity index (χ2n) is 5.83. The molecule has 0 radical (unpaired) electrons. The molecule has 1 aliphatic rings. The third kappa shape index (κ3) is 3.80. The molecular formula is C15H19Cl2N7. The van der Waals surface area contributed by atoms with Crippen LogP contribution in [0.1, 0.15) is 12.7 Å². The van der Waals surface area contributed by atoms with Gasteiger partial charge in [0.1, 0.15) is 5.82 Å². The number of anilines is 3. The maximum atomic E-state index is 6.31. The van der Waals surface area contributed by atoms with Gasteiger partial charge in [0.05, 0.1) is 17.3 Å². The van der Waals surface area contributed by atoms with Gasteiger partial charge in [0, 0.05) is 30.7 Å². The van der Waals surface area contributed by atoms with Crippen LogP contribution in [0.15, 0.2) is 18.2 Å². The molecule has 2 heterocycles. The van der Waals surface area contributed by atoms with Crippen LogP contribution < -0.4 is 16.4 Å². The number of rotatable bonds is 3. The number of aromatic nitrogens is 3. The fourth-order valence-corrected chi connectivity index (χ4v) is 3.29. The van der Waals surface area contributed by atoms with Gasteiger partial charge >= 0.3 is 0 Å². The molecule has 0 spiro atoms. The highest BCUT2D eigenvalue weighted by Gasteiger charge is 2.26. The lowest BCUT2D eigenvalue weighted by molar-refractivity contribution is 0.176. The third-order valence-corrected chi connectivity index (χ3v) is 4.63. The molecular weight excluding hydrogens is 349 g/mol. The van der Waals surface area contributed by atoms with Gasteiger partial charge in [-0.25, -0.2) is 0 Å². The molecule has 9 heteroatoms. The highest BCUT2D eigenvalue weighted by atomic mass is 35.5. The van der Waals surface area contributed by atoms with Gasteiger partial charge in [-0.05, 0) is 25.1 Å². The van der Waals surface area contributed by atoms with E-state index in [1.54, 1.807) is 6.07 Å². The van der Waals surface area contributed by atoms with E-state index >= 15 is 0 Å². The standard InChI is InChI=1S/C15H19Cl2N7/c1-9-7-24(12-6-10(16)2-3-11(12)17)5-4-23(9)8-13-20-14(18)22-15(19)21-13/h2-3,6,9H,4-5,7-8H2,1H3,(H4,18,19,20,21,22)/t9-/m0/s1. The van der Waals surface area contributed by atoms with Crippen LogP contribution in [0.2, 0.25) is 10.0 Å². The highest BCUT2D eigenvalue weighted by molar-refractivity contribution is 6.35. The van der Waals surface area contributed by atoms with Gasteiger partial charge < -0.3 is 16.4 Å². The van der Waals surface area contributed by atoms with E-state index < -0.39 is 0 Å². The molecule has 0 aliphatic carbocycles. The summed E-state index contributed by atoms with van der Waals surface area (Å²) in [4.78, 5) is 16.6. The number of hydrogen-bond acceptors (Lipinski definition) is 7. The lowest BCUT2D eigenvalue weighted by atomic mass is 10.1. The molecule has 0 saturated carbocycles. The zero-order valence-corrected chi connectivity index (χ0v) is 14.8. The van der Waals surface area contributed by atoms with E-state index in [9.17, 15) is 0 Å². The van der Waals surface area contributed by atoms with E-state index in [2.05, 4.69) is 31.7 Å². The molecule has 1 atom stereocenters. The number of hydrogen-bond donors (Lipinski definition) is 2. The zero-order chi connectivity index (χ0) is 17.3. The summed E-state index contributed by atoms with van der Waals surface area (Å²) in [6.07, 6.45) is 0. The van der Waals surface area contributed by atoms with Crippen molar-refractivity contribution in [3.8, 4) is 0 Å². The summed E-state index contributed by atoms with van der Waals surface area (Å²) in [5, 5.41) is 1.39. The van der Waals surface area contributed by atoms with Crippen molar-refractivity contribution < 1.29 is 0 Å². The number of nitrogens with zero attached hydrogens (tertiary/aromatic N) is 5. The average molecular weight is 368 g/mol. The van der Waals surface area contributed by atoms with Crippen molar-refractivity contribution in [3.05, 3.63) is 34.1 Å². The minimum Gasteiger partial charge on any atom is -0.368 e. The average Bonchev–Trinajstić information content (AvgIpc) is 2.51. The Kier molecular flexibility index (Phi) is 4.93. The number of halogens is 2. The lowest BCUT2D eigenvalue weighted by Gasteiger charge is -2.41. The van der Waals surface area contributed by atoms with Gasteiger partial charge in [-0.2, -0.15) is 15.0 Å². The normalized spacial score (nSPS) is 18.8. The SMILES string of the molecule is C[C@H]1CN(c2cc(Cl)ccc2Cl)CCN1Cc1nc(N)nc(N)n1. The Morgan fingerprint density at radius 2 is 1.83 bits per heavy atom. The van der Waals surface area contributed by atoms with Gasteiger partial charge in [0.2, 0.25) is 11.9 Å². The Morgan fingerprint density at radius 3 is 2.50 bits per heavy atom. The van der Waals surface area contributed by atoms with Gasteiger partial charge in [-0.3, -0.25) is 4.90 Å². The van der Waals surface area contributed by atoms with Crippen LogP contribution in [0.3, 0.4) is 0 Å². The predicted molar refractivity (Wildman–Crippen MR) is 97.2 cm³/mol. The minimum atomic E-state index is 0.148. The quantitative estimate of drug-likeness (QED) is 0.856. The molecule has 7 nitrogen and oxygen atoms in total. The summed E-state index contributed by atoms with van der Waals surface area (Å²) in [6.45, 7) is 5.24. The van der Waals surface area contributed by atoms with Crippen molar-refractivity contribution in [2.24, 2.45) is 0 Å². The Bertz CT molecular complexity index is 720. The summed E-state index contributed by atoms with van der Waals surface area (Å²) >= 11 is 12.4. The fraction of sp³-hybridized carbons (Fsp3) is 0.400. The van der Waals surface area contributed by atoms with Gasteiger partial charge in [-0.15, -0.1) is 0 Å². The van der Waals surface area contributed by atoms with Crippen molar-refractivity contribution in [2.45, 2.75) is 19.5 Å². The summed E-state index contributed by atoms with van der Waals surface area (Å²) < 4.78 is 0. The van der Waals surface area contributed by atoms with Gasteiger partial charge in [0.25, 0.3) is 0 Å². The molecule has 0 amide bonds. The van der Waals surface area contributed by atoms with E-state index in [-0.39, 0.29) is 17.9 Å². The Labute approximate surface area is 150 Å². The first-order valence-corrected chi connectivity index (χ1v) is 8.38. The molecule has 0 unspecified atom stereocenters. The first-order valence-electron chi connectivity index (χ1n) is 7.62. The summed E-state index contributed by atoms with van der Waals surface area (Å²) in [5.74, 6) is 0.880. The van der Waals surface area contributed by atoms with Crippen LogP contribution in [0.4, 0.5) is 17.6 Å². The highest BCUT2D eigenvalue weighted by Crippen LogP contribution is 2.30. The monoisotopic (exact) mass is 367 g/mol. The molecule has 24 heavy (non-hydrogen) atoms. The van der Waals surface area contributed by atoms with Crippen LogP contribution in [0, 0.1) is 0 Å². The van der Waals surface area contributed by atoms with E-state index in [4.69, 9.17) is 34.7 Å². The lowest BCUT2D eigenvalue weighted by Crippen LogP contribution is -2.51. The van der Waals surface area contributed by atoms with Crippen LogP contribution in [0.5, 0.6) is 0 Å². The van der Waals surface area contributed by atoms with E-state index in [1.165, 1.54) is 0 Å². The minimum absolute atomic E-state index is 0.148. The number of piperazine rings is 1. The molecule has 1 saturated heterocycles. The van der Waals surface area contributed by atoms with Crippen LogP contribution >= 0.6 is 23.2 Å². The molecule has 4 N–H and O–H groups in total.